The number of anilines is 1. The number of oxime groups is 1. The van der Waals surface area contributed by atoms with Crippen LogP contribution >= 0.6 is 23.1 Å². The quantitative estimate of drug-likeness (QED) is 0.185. The summed E-state index contributed by atoms with van der Waals surface area (Å²) in [6, 6.07) is -0.891. The van der Waals surface area contributed by atoms with Crippen molar-refractivity contribution in [1.29, 1.82) is 0 Å². The molecule has 0 bridgehead atoms. The fraction of sp³-hybridized carbons (Fsp3) is 0.526. The van der Waals surface area contributed by atoms with Gasteiger partial charge in [-0.25, -0.2) is 4.98 Å². The number of thiazole rings is 1. The van der Waals surface area contributed by atoms with Gasteiger partial charge in [0.25, 0.3) is 11.8 Å². The molecule has 2 saturated heterocycles. The van der Waals surface area contributed by atoms with E-state index < -0.39 is 29.2 Å². The standard InChI is InChI=1S/C19H24N6O5S2.H2O/c1-25(5-3-4-6-25)7-10-8-31-17-13(16(27)24(17)14(10)18(28)29)22-15(26)12(23-30-2)11-9-32-19(20)21-11;/h9,13,17H,3-8H2,1-2H3,(H3-,20,21,22,26,28,29);1H2/t13-,17-;/m1./s1. The van der Waals surface area contributed by atoms with Crippen LogP contribution in [0.3, 0.4) is 0 Å². The molecule has 2 fully saturated rings. The topological polar surface area (TPSA) is 182 Å². The maximum Gasteiger partial charge on any atom is 0.276 e. The Kier molecular flexibility index (Phi) is 7.31. The number of amides is 2. The van der Waals surface area contributed by atoms with E-state index in [0.717, 1.165) is 41.8 Å². The Hall–Kier alpha value is -2.68. The molecular formula is C19H26N6O6S2. The van der Waals surface area contributed by atoms with Crippen LogP contribution in [0.25, 0.3) is 0 Å². The van der Waals surface area contributed by atoms with Gasteiger partial charge in [-0.2, -0.15) is 0 Å². The minimum atomic E-state index is -1.37. The van der Waals surface area contributed by atoms with Crippen molar-refractivity contribution in [2.24, 2.45) is 5.16 Å². The monoisotopic (exact) mass is 498 g/mol. The highest BCUT2D eigenvalue weighted by Crippen LogP contribution is 2.41. The van der Waals surface area contributed by atoms with Crippen molar-refractivity contribution in [3.63, 3.8) is 0 Å². The lowest BCUT2D eigenvalue weighted by atomic mass is 10.0. The van der Waals surface area contributed by atoms with Gasteiger partial charge in [0.15, 0.2) is 10.8 Å². The van der Waals surface area contributed by atoms with Gasteiger partial charge in [0.2, 0.25) is 0 Å². The predicted molar refractivity (Wildman–Crippen MR) is 121 cm³/mol. The number of fused-ring (bicyclic) bond motifs is 1. The second kappa shape index (κ2) is 9.67. The van der Waals surface area contributed by atoms with Crippen LogP contribution in [-0.2, 0) is 19.2 Å². The molecule has 2 atom stereocenters. The zero-order valence-electron chi connectivity index (χ0n) is 18.2. The van der Waals surface area contributed by atoms with E-state index in [4.69, 9.17) is 10.6 Å². The zero-order valence-corrected chi connectivity index (χ0v) is 19.8. The first kappa shape index (κ1) is 25.0. The maximum atomic E-state index is 12.9. The average molecular weight is 499 g/mol. The fourth-order valence-corrected chi connectivity index (χ4v) is 6.30. The number of aliphatic carboxylic acids is 1. The fourth-order valence-electron chi connectivity index (χ4n) is 4.41. The number of carboxylic acids is 1. The molecule has 0 aromatic carbocycles. The van der Waals surface area contributed by atoms with E-state index in [-0.39, 0.29) is 27.7 Å². The third-order valence-electron chi connectivity index (χ3n) is 5.91. The molecule has 180 valence electrons. The molecule has 0 saturated carbocycles. The smallest absolute Gasteiger partial charge is 0.276 e. The number of nitrogens with one attached hydrogen (secondary N) is 1. The van der Waals surface area contributed by atoms with Crippen molar-refractivity contribution < 1.29 is 34.3 Å². The Morgan fingerprint density at radius 1 is 1.42 bits per heavy atom. The third kappa shape index (κ3) is 4.69. The number of likely N-dealkylation sites (tertiary alicyclic amines) is 1. The number of rotatable bonds is 7. The van der Waals surface area contributed by atoms with E-state index in [9.17, 15) is 19.5 Å². The van der Waals surface area contributed by atoms with E-state index >= 15 is 0 Å². The molecule has 0 radical (unpaired) electrons. The molecule has 4 heterocycles. The molecule has 3 aliphatic heterocycles. The van der Waals surface area contributed by atoms with Crippen LogP contribution in [0.4, 0.5) is 5.13 Å². The van der Waals surface area contributed by atoms with Gasteiger partial charge in [0, 0.05) is 29.5 Å². The van der Waals surface area contributed by atoms with Crippen molar-refractivity contribution in [1.82, 2.24) is 15.2 Å². The summed E-state index contributed by atoms with van der Waals surface area (Å²) in [4.78, 5) is 47.7. The third-order valence-corrected chi connectivity index (χ3v) is 7.92. The highest BCUT2D eigenvalue weighted by molar-refractivity contribution is 8.00. The first-order chi connectivity index (χ1) is 15.2. The number of nitrogens with two attached hydrogens (primary N) is 1. The van der Waals surface area contributed by atoms with E-state index in [1.807, 2.05) is 0 Å². The number of hydrogen-bond donors (Lipinski definition) is 2. The van der Waals surface area contributed by atoms with Crippen LogP contribution in [0.15, 0.2) is 21.8 Å². The van der Waals surface area contributed by atoms with Gasteiger partial charge in [-0.1, -0.05) is 5.16 Å². The van der Waals surface area contributed by atoms with Crippen molar-refractivity contribution in [3.8, 4) is 0 Å². The molecule has 0 unspecified atom stereocenters. The largest absolute Gasteiger partial charge is 0.543 e. The second-order valence-electron chi connectivity index (χ2n) is 8.23. The Bertz CT molecular complexity index is 1020. The lowest BCUT2D eigenvalue weighted by Crippen LogP contribution is -2.71. The number of likely N-dealkylation sites (N-methyl/N-ethyl adjacent to an activating group) is 1. The van der Waals surface area contributed by atoms with Crippen molar-refractivity contribution >= 4 is 51.7 Å². The summed E-state index contributed by atoms with van der Waals surface area (Å²) >= 11 is 2.57. The summed E-state index contributed by atoms with van der Waals surface area (Å²) in [5.41, 5.74) is 6.39. The SMILES string of the molecule is CON=C(C(=O)N[C@@H]1C(=O)N2C(C(=O)[O-])=C(C[N+]3(C)CCCC3)CS[C@H]12)c1csc(N)n1.O. The number of hydrogen-bond acceptors (Lipinski definition) is 10. The van der Waals surface area contributed by atoms with E-state index in [2.05, 4.69) is 22.5 Å². The molecule has 1 aromatic heterocycles. The molecule has 4 rings (SSSR count). The lowest BCUT2D eigenvalue weighted by molar-refractivity contribution is -0.893. The Morgan fingerprint density at radius 2 is 2.12 bits per heavy atom. The number of thioether (sulfide) groups is 1. The van der Waals surface area contributed by atoms with Crippen molar-refractivity contribution in [2.45, 2.75) is 24.3 Å². The summed E-state index contributed by atoms with van der Waals surface area (Å²) in [6.45, 7) is 2.53. The summed E-state index contributed by atoms with van der Waals surface area (Å²) < 4.78 is 0.757. The molecule has 33 heavy (non-hydrogen) atoms. The predicted octanol–water partition coefficient (Wildman–Crippen LogP) is -2.10. The first-order valence-electron chi connectivity index (χ1n) is 10.1. The van der Waals surface area contributed by atoms with Crippen LogP contribution in [0, 0.1) is 0 Å². The number of quaternary nitrogens is 1. The summed E-state index contributed by atoms with van der Waals surface area (Å²) in [5, 5.41) is 19.6. The lowest BCUT2D eigenvalue weighted by Gasteiger charge is -2.51. The summed E-state index contributed by atoms with van der Waals surface area (Å²) in [5.74, 6) is -2.06. The minimum Gasteiger partial charge on any atom is -0.543 e. The summed E-state index contributed by atoms with van der Waals surface area (Å²) in [7, 11) is 3.39. The van der Waals surface area contributed by atoms with Crippen LogP contribution in [-0.4, -0.2) is 94.3 Å². The van der Waals surface area contributed by atoms with Gasteiger partial charge in [-0.05, 0) is 0 Å². The Balaban J connectivity index is 0.00000306. The number of aromatic nitrogens is 1. The molecule has 2 amide bonds. The van der Waals surface area contributed by atoms with Gasteiger partial charge in [-0.15, -0.1) is 23.1 Å². The van der Waals surface area contributed by atoms with Gasteiger partial charge >= 0.3 is 0 Å². The molecule has 12 nitrogen and oxygen atoms in total. The summed E-state index contributed by atoms with van der Waals surface area (Å²) in [6.07, 6.45) is 2.21. The molecule has 5 N–H and O–H groups in total. The van der Waals surface area contributed by atoms with Crippen molar-refractivity contribution in [2.75, 3.05) is 45.3 Å². The normalized spacial score (nSPS) is 24.0. The van der Waals surface area contributed by atoms with E-state index in [1.54, 1.807) is 5.38 Å². The molecular weight excluding hydrogens is 472 g/mol. The van der Waals surface area contributed by atoms with E-state index in [0.29, 0.717) is 17.9 Å². The second-order valence-corrected chi connectivity index (χ2v) is 10.2. The van der Waals surface area contributed by atoms with Crippen molar-refractivity contribution in [3.05, 3.63) is 22.3 Å². The number of nitrogen functional groups attached to an aromatic ring is 1. The van der Waals surface area contributed by atoms with E-state index in [1.165, 1.54) is 23.8 Å². The maximum absolute atomic E-state index is 12.9. The number of β-lactam (4-membered cyclic amide) rings is 1. The van der Waals surface area contributed by atoms with Crippen LogP contribution in [0.2, 0.25) is 0 Å². The van der Waals surface area contributed by atoms with Crippen LogP contribution in [0.1, 0.15) is 18.5 Å². The molecule has 14 heteroatoms. The Labute approximate surface area is 198 Å². The molecule has 0 aliphatic carbocycles. The van der Waals surface area contributed by atoms with Crippen LogP contribution < -0.4 is 16.2 Å². The molecule has 1 aromatic rings. The number of carboxylic acid groups (broad SMARTS) is 1. The highest BCUT2D eigenvalue weighted by atomic mass is 32.2. The molecule has 0 spiro atoms. The van der Waals surface area contributed by atoms with Gasteiger partial charge in [0.05, 0.1) is 31.8 Å². The van der Waals surface area contributed by atoms with Gasteiger partial charge < -0.3 is 35.7 Å². The average Bonchev–Trinajstić information content (AvgIpc) is 3.37. The zero-order chi connectivity index (χ0) is 23.0. The van der Waals surface area contributed by atoms with Crippen LogP contribution in [0.5, 0.6) is 0 Å². The number of nitrogens with zero attached hydrogens (tertiary/aromatic N) is 4. The Morgan fingerprint density at radius 3 is 2.70 bits per heavy atom. The molecule has 3 aliphatic rings. The first-order valence-corrected chi connectivity index (χ1v) is 12.0. The van der Waals surface area contributed by atoms with Gasteiger partial charge in [0.1, 0.15) is 30.8 Å². The number of carbonyl (C=O) groups is 3. The highest BCUT2D eigenvalue weighted by Gasteiger charge is 2.53. The minimum absolute atomic E-state index is 0. The number of carbonyl (C=O) groups excluding carboxylic acids is 3. The van der Waals surface area contributed by atoms with Gasteiger partial charge in [-0.3, -0.25) is 14.5 Å².